The van der Waals surface area contributed by atoms with Gasteiger partial charge in [0.05, 0.1) is 12.2 Å². The molecule has 0 unspecified atom stereocenters. The van der Waals surface area contributed by atoms with Crippen molar-refractivity contribution in [1.82, 2.24) is 24.6 Å². The van der Waals surface area contributed by atoms with Gasteiger partial charge in [0.25, 0.3) is 5.91 Å². The number of anilines is 2. The number of hydrogen-bond donors (Lipinski definition) is 1. The SMILES string of the molecule is Cc1cnn(C(C)C)c1Nc1nc(Cl)cc2c1C(=O)N1CCN(C(=O)OC(C)(C)C)C[C@@H]1CO2. The molecule has 0 aliphatic carbocycles. The number of piperazine rings is 1. The molecule has 1 saturated heterocycles. The topological polar surface area (TPSA) is 102 Å². The molecule has 11 heteroatoms. The number of rotatable bonds is 3. The van der Waals surface area contributed by atoms with Crippen LogP contribution in [0.1, 0.15) is 56.6 Å². The number of nitrogens with zero attached hydrogens (tertiary/aromatic N) is 5. The van der Waals surface area contributed by atoms with Gasteiger partial charge in [-0.15, -0.1) is 0 Å². The highest BCUT2D eigenvalue weighted by Gasteiger charge is 2.39. The summed E-state index contributed by atoms with van der Waals surface area (Å²) in [5.41, 5.74) is 0.632. The standard InChI is InChI=1S/C23H31ClN6O4/c1-13(2)30-20(14(3)10-25-30)27-19-18-16(9-17(24)26-19)33-12-15-11-28(7-8-29(15)21(18)31)22(32)34-23(4,5)6/h9-10,13,15H,7-8,11-12H2,1-6H3,(H,26,27)/t15-/m1/s1. The molecule has 1 atom stereocenters. The third-order valence-corrected chi connectivity index (χ3v) is 5.89. The average molecular weight is 491 g/mol. The second-order valence-corrected chi connectivity index (χ2v) is 10.3. The van der Waals surface area contributed by atoms with Gasteiger partial charge in [0.1, 0.15) is 40.3 Å². The molecule has 4 heterocycles. The zero-order chi connectivity index (χ0) is 24.8. The third kappa shape index (κ3) is 4.77. The minimum atomic E-state index is -0.593. The van der Waals surface area contributed by atoms with Crippen molar-refractivity contribution < 1.29 is 19.1 Å². The number of amides is 2. The molecule has 2 amide bonds. The van der Waals surface area contributed by atoms with Crippen LogP contribution in [0.25, 0.3) is 0 Å². The Morgan fingerprint density at radius 2 is 2.06 bits per heavy atom. The molecule has 1 fully saturated rings. The summed E-state index contributed by atoms with van der Waals surface area (Å²) < 4.78 is 13.4. The van der Waals surface area contributed by atoms with E-state index in [4.69, 9.17) is 21.1 Å². The first-order valence-corrected chi connectivity index (χ1v) is 11.8. The van der Waals surface area contributed by atoms with Crippen LogP contribution >= 0.6 is 11.6 Å². The maximum atomic E-state index is 13.7. The van der Waals surface area contributed by atoms with Crippen molar-refractivity contribution in [1.29, 1.82) is 0 Å². The van der Waals surface area contributed by atoms with Crippen LogP contribution in [0.4, 0.5) is 16.4 Å². The predicted octanol–water partition coefficient (Wildman–Crippen LogP) is 4.02. The number of halogens is 1. The monoisotopic (exact) mass is 490 g/mol. The van der Waals surface area contributed by atoms with Gasteiger partial charge in [-0.3, -0.25) is 4.79 Å². The second-order valence-electron chi connectivity index (χ2n) is 9.90. The molecule has 0 saturated carbocycles. The van der Waals surface area contributed by atoms with E-state index in [-0.39, 0.29) is 29.8 Å². The van der Waals surface area contributed by atoms with E-state index in [2.05, 4.69) is 15.4 Å². The first kappa shape index (κ1) is 24.1. The highest BCUT2D eigenvalue weighted by Crippen LogP contribution is 2.35. The summed E-state index contributed by atoms with van der Waals surface area (Å²) in [5, 5.41) is 7.89. The fourth-order valence-electron chi connectivity index (χ4n) is 4.10. The predicted molar refractivity (Wildman–Crippen MR) is 128 cm³/mol. The fourth-order valence-corrected chi connectivity index (χ4v) is 4.28. The zero-order valence-electron chi connectivity index (χ0n) is 20.4. The Morgan fingerprint density at radius 1 is 1.32 bits per heavy atom. The largest absolute Gasteiger partial charge is 0.490 e. The van der Waals surface area contributed by atoms with Gasteiger partial charge in [0, 0.05) is 37.3 Å². The maximum absolute atomic E-state index is 13.7. The van der Waals surface area contributed by atoms with E-state index >= 15 is 0 Å². The summed E-state index contributed by atoms with van der Waals surface area (Å²) in [6, 6.07) is 1.33. The summed E-state index contributed by atoms with van der Waals surface area (Å²) in [4.78, 5) is 34.1. The smallest absolute Gasteiger partial charge is 0.410 e. The van der Waals surface area contributed by atoms with Crippen LogP contribution in [0, 0.1) is 6.92 Å². The lowest BCUT2D eigenvalue weighted by Crippen LogP contribution is -2.58. The van der Waals surface area contributed by atoms with Gasteiger partial charge in [-0.05, 0) is 41.5 Å². The molecular formula is C23H31ClN6O4. The van der Waals surface area contributed by atoms with Crippen LogP contribution in [-0.4, -0.2) is 74.4 Å². The quantitative estimate of drug-likeness (QED) is 0.648. The molecule has 2 aliphatic heterocycles. The minimum absolute atomic E-state index is 0.103. The molecule has 2 aromatic rings. The minimum Gasteiger partial charge on any atom is -0.490 e. The van der Waals surface area contributed by atoms with Gasteiger partial charge < -0.3 is 24.6 Å². The molecule has 2 aliphatic rings. The van der Waals surface area contributed by atoms with Crippen molar-refractivity contribution in [2.45, 2.75) is 59.2 Å². The molecule has 1 N–H and O–H groups in total. The summed E-state index contributed by atoms with van der Waals surface area (Å²) >= 11 is 6.30. The molecule has 0 aromatic carbocycles. The number of aromatic nitrogens is 3. The number of carbonyl (C=O) groups excluding carboxylic acids is 2. The molecule has 10 nitrogen and oxygen atoms in total. The lowest BCUT2D eigenvalue weighted by Gasteiger charge is -2.40. The maximum Gasteiger partial charge on any atom is 0.410 e. The summed E-state index contributed by atoms with van der Waals surface area (Å²) in [6.07, 6.45) is 1.36. The Bertz CT molecular complexity index is 1110. The van der Waals surface area contributed by atoms with Crippen molar-refractivity contribution in [3.63, 3.8) is 0 Å². The van der Waals surface area contributed by atoms with E-state index in [0.29, 0.717) is 36.8 Å². The number of fused-ring (bicyclic) bond motifs is 2. The first-order valence-electron chi connectivity index (χ1n) is 11.4. The second kappa shape index (κ2) is 8.98. The van der Waals surface area contributed by atoms with Gasteiger partial charge in [-0.1, -0.05) is 11.6 Å². The third-order valence-electron chi connectivity index (χ3n) is 5.70. The molecule has 0 bridgehead atoms. The molecule has 4 rings (SSSR count). The van der Waals surface area contributed by atoms with Crippen LogP contribution in [-0.2, 0) is 4.74 Å². The van der Waals surface area contributed by atoms with E-state index in [9.17, 15) is 9.59 Å². The van der Waals surface area contributed by atoms with Crippen LogP contribution in [0.15, 0.2) is 12.3 Å². The van der Waals surface area contributed by atoms with Crippen LogP contribution in [0.2, 0.25) is 5.15 Å². The van der Waals surface area contributed by atoms with Gasteiger partial charge in [-0.25, -0.2) is 14.5 Å². The highest BCUT2D eigenvalue weighted by molar-refractivity contribution is 6.30. The Morgan fingerprint density at radius 3 is 2.74 bits per heavy atom. The number of pyridine rings is 1. The van der Waals surface area contributed by atoms with Crippen molar-refractivity contribution in [2.75, 3.05) is 31.6 Å². The molecule has 34 heavy (non-hydrogen) atoms. The van der Waals surface area contributed by atoms with Crippen molar-refractivity contribution in [2.24, 2.45) is 0 Å². The number of ether oxygens (including phenoxy) is 2. The van der Waals surface area contributed by atoms with E-state index in [1.807, 2.05) is 46.2 Å². The van der Waals surface area contributed by atoms with E-state index in [1.165, 1.54) is 0 Å². The van der Waals surface area contributed by atoms with Crippen molar-refractivity contribution >= 4 is 35.2 Å². The van der Waals surface area contributed by atoms with E-state index < -0.39 is 11.7 Å². The molecule has 0 spiro atoms. The van der Waals surface area contributed by atoms with Gasteiger partial charge >= 0.3 is 6.09 Å². The number of nitrogens with one attached hydrogen (secondary N) is 1. The fraction of sp³-hybridized carbons (Fsp3) is 0.565. The molecule has 0 radical (unpaired) electrons. The Labute approximate surface area is 204 Å². The number of aryl methyl sites for hydroxylation is 1. The lowest BCUT2D eigenvalue weighted by molar-refractivity contribution is 0.000957. The molecule has 184 valence electrons. The van der Waals surface area contributed by atoms with Gasteiger partial charge in [0.2, 0.25) is 0 Å². The Balaban J connectivity index is 1.63. The highest BCUT2D eigenvalue weighted by atomic mass is 35.5. The summed E-state index contributed by atoms with van der Waals surface area (Å²) in [5.74, 6) is 1.18. The lowest BCUT2D eigenvalue weighted by atomic mass is 10.1. The van der Waals surface area contributed by atoms with Gasteiger partial charge in [-0.2, -0.15) is 5.10 Å². The van der Waals surface area contributed by atoms with Crippen LogP contribution < -0.4 is 10.1 Å². The molecular weight excluding hydrogens is 460 g/mol. The summed E-state index contributed by atoms with van der Waals surface area (Å²) in [6.45, 7) is 12.7. The summed E-state index contributed by atoms with van der Waals surface area (Å²) in [7, 11) is 0. The average Bonchev–Trinajstić information content (AvgIpc) is 3.03. The van der Waals surface area contributed by atoms with E-state index in [1.54, 1.807) is 22.1 Å². The van der Waals surface area contributed by atoms with E-state index in [0.717, 1.165) is 11.4 Å². The van der Waals surface area contributed by atoms with Gasteiger partial charge in [0.15, 0.2) is 0 Å². The van der Waals surface area contributed by atoms with Crippen LogP contribution in [0.5, 0.6) is 5.75 Å². The van der Waals surface area contributed by atoms with Crippen molar-refractivity contribution in [3.05, 3.63) is 28.5 Å². The zero-order valence-corrected chi connectivity index (χ0v) is 21.1. The molecule has 2 aromatic heterocycles. The number of hydrogen-bond acceptors (Lipinski definition) is 7. The first-order chi connectivity index (χ1) is 15.9. The Hall–Kier alpha value is -3.01. The van der Waals surface area contributed by atoms with Crippen LogP contribution in [0.3, 0.4) is 0 Å². The number of carbonyl (C=O) groups is 2. The normalized spacial score (nSPS) is 18.2. The van der Waals surface area contributed by atoms with Crippen molar-refractivity contribution in [3.8, 4) is 5.75 Å². The Kier molecular flexibility index (Phi) is 6.37.